The summed E-state index contributed by atoms with van der Waals surface area (Å²) in [6, 6.07) is 7.09. The topological polar surface area (TPSA) is 86.1 Å². The lowest BCUT2D eigenvalue weighted by Crippen LogP contribution is -2.30. The van der Waals surface area contributed by atoms with Crippen LogP contribution in [0.25, 0.3) is 10.4 Å². The van der Waals surface area contributed by atoms with Gasteiger partial charge in [-0.1, -0.05) is 30.1 Å². The first-order valence-electron chi connectivity index (χ1n) is 6.72. The first-order chi connectivity index (χ1) is 9.75. The summed E-state index contributed by atoms with van der Waals surface area (Å²) in [7, 11) is 0. The van der Waals surface area contributed by atoms with Crippen molar-refractivity contribution in [3.63, 3.8) is 0 Å². The van der Waals surface area contributed by atoms with Gasteiger partial charge in [-0.05, 0) is 30.5 Å². The third kappa shape index (κ3) is 2.97. The van der Waals surface area contributed by atoms with E-state index < -0.39 is 11.7 Å². The molecule has 1 aromatic rings. The van der Waals surface area contributed by atoms with E-state index in [1.54, 1.807) is 23.1 Å². The molecule has 0 aromatic heterocycles. The second-order valence-electron chi connectivity index (χ2n) is 4.67. The predicted molar refractivity (Wildman–Crippen MR) is 75.6 cm³/mol. The molecule has 0 saturated heterocycles. The summed E-state index contributed by atoms with van der Waals surface area (Å²) in [4.78, 5) is 27.9. The van der Waals surface area contributed by atoms with Gasteiger partial charge in [0.15, 0.2) is 0 Å². The quantitative estimate of drug-likeness (QED) is 0.251. The second kappa shape index (κ2) is 6.73. The van der Waals surface area contributed by atoms with Gasteiger partial charge in [0.1, 0.15) is 0 Å². The Bertz CT molecular complexity index is 564. The number of fused-ring (bicyclic) bond motifs is 1. The Labute approximate surface area is 117 Å². The van der Waals surface area contributed by atoms with Crippen LogP contribution < -0.4 is 4.90 Å². The van der Waals surface area contributed by atoms with Crippen molar-refractivity contribution in [3.05, 3.63) is 40.3 Å². The minimum absolute atomic E-state index is 0.413. The summed E-state index contributed by atoms with van der Waals surface area (Å²) in [5.74, 6) is -0.843. The molecule has 0 unspecified atom stereocenters. The Hall–Kier alpha value is -2.33. The number of hydrogen-bond acceptors (Lipinski definition) is 3. The van der Waals surface area contributed by atoms with Crippen molar-refractivity contribution in [2.75, 3.05) is 18.0 Å². The molecule has 2 rings (SSSR count). The lowest BCUT2D eigenvalue weighted by Gasteiger charge is -2.16. The molecule has 6 nitrogen and oxygen atoms in total. The zero-order valence-electron chi connectivity index (χ0n) is 11.2. The van der Waals surface area contributed by atoms with E-state index in [1.807, 2.05) is 6.07 Å². The van der Waals surface area contributed by atoms with Crippen LogP contribution in [0.15, 0.2) is 29.4 Å². The Morgan fingerprint density at radius 2 is 1.85 bits per heavy atom. The van der Waals surface area contributed by atoms with Crippen molar-refractivity contribution < 1.29 is 9.59 Å². The van der Waals surface area contributed by atoms with Crippen LogP contribution in [0, 0.1) is 0 Å². The monoisotopic (exact) mass is 272 g/mol. The van der Waals surface area contributed by atoms with Gasteiger partial charge < -0.3 is 4.90 Å². The summed E-state index contributed by atoms with van der Waals surface area (Å²) in [5, 5.41) is 3.47. The van der Waals surface area contributed by atoms with Crippen LogP contribution in [-0.2, 0) is 4.79 Å². The molecule has 1 amide bonds. The van der Waals surface area contributed by atoms with E-state index >= 15 is 0 Å². The molecule has 0 saturated carbocycles. The summed E-state index contributed by atoms with van der Waals surface area (Å²) >= 11 is 0. The maximum atomic E-state index is 11.9. The number of para-hydroxylation sites is 1. The molecule has 20 heavy (non-hydrogen) atoms. The van der Waals surface area contributed by atoms with Crippen molar-refractivity contribution in [2.45, 2.75) is 25.7 Å². The first-order valence-corrected chi connectivity index (χ1v) is 6.72. The van der Waals surface area contributed by atoms with Gasteiger partial charge in [-0.3, -0.25) is 9.59 Å². The van der Waals surface area contributed by atoms with Crippen molar-refractivity contribution in [1.82, 2.24) is 0 Å². The normalized spacial score (nSPS) is 13.3. The van der Waals surface area contributed by atoms with E-state index in [9.17, 15) is 9.59 Å². The van der Waals surface area contributed by atoms with Crippen molar-refractivity contribution >= 4 is 17.4 Å². The molecular formula is C14H16N4O2. The van der Waals surface area contributed by atoms with E-state index in [-0.39, 0.29) is 0 Å². The van der Waals surface area contributed by atoms with Gasteiger partial charge in [0.05, 0.1) is 11.3 Å². The van der Waals surface area contributed by atoms with E-state index in [0.29, 0.717) is 18.7 Å². The third-order valence-corrected chi connectivity index (χ3v) is 3.33. The number of hydrogen-bond donors (Lipinski definition) is 0. The molecule has 0 aliphatic carbocycles. The van der Waals surface area contributed by atoms with Crippen LogP contribution in [-0.4, -0.2) is 24.8 Å². The van der Waals surface area contributed by atoms with Crippen LogP contribution >= 0.6 is 0 Å². The highest BCUT2D eigenvalue weighted by Crippen LogP contribution is 2.28. The number of benzene rings is 1. The number of azide groups is 1. The molecule has 0 radical (unpaired) electrons. The highest BCUT2D eigenvalue weighted by atomic mass is 16.2. The fourth-order valence-electron chi connectivity index (χ4n) is 2.32. The third-order valence-electron chi connectivity index (χ3n) is 3.33. The molecule has 0 fully saturated rings. The van der Waals surface area contributed by atoms with Gasteiger partial charge in [-0.15, -0.1) is 0 Å². The van der Waals surface area contributed by atoms with Crippen LogP contribution in [0.1, 0.15) is 36.0 Å². The first kappa shape index (κ1) is 14.1. The largest absolute Gasteiger partial charge is 0.305 e. The highest BCUT2D eigenvalue weighted by molar-refractivity contribution is 6.52. The van der Waals surface area contributed by atoms with Gasteiger partial charge in [-0.2, -0.15) is 0 Å². The van der Waals surface area contributed by atoms with Gasteiger partial charge in [0, 0.05) is 18.0 Å². The molecule has 1 aliphatic rings. The number of Topliss-reactive ketones (excluding diaryl/α,β-unsaturated/α-hetero) is 1. The number of carbonyl (C=O) groups excluding carboxylic acids is 2. The average molecular weight is 272 g/mol. The summed E-state index contributed by atoms with van der Waals surface area (Å²) in [5.41, 5.74) is 9.36. The molecule has 0 N–H and O–H groups in total. The lowest BCUT2D eigenvalue weighted by atomic mass is 10.1. The standard InChI is InChI=1S/C14H16N4O2/c15-17-16-9-5-1-2-6-10-18-12-8-4-3-7-11(12)13(19)14(18)20/h3-4,7-8H,1-2,5-6,9-10H2. The molecule has 104 valence electrons. The van der Waals surface area contributed by atoms with Crippen molar-refractivity contribution in [1.29, 1.82) is 0 Å². The summed E-state index contributed by atoms with van der Waals surface area (Å²) in [6.45, 7) is 1.07. The predicted octanol–water partition coefficient (Wildman–Crippen LogP) is 3.09. The number of carbonyl (C=O) groups is 2. The highest BCUT2D eigenvalue weighted by Gasteiger charge is 2.34. The van der Waals surface area contributed by atoms with Crippen LogP contribution in [0.4, 0.5) is 5.69 Å². The average Bonchev–Trinajstić information content (AvgIpc) is 2.71. The van der Waals surface area contributed by atoms with Crippen LogP contribution in [0.5, 0.6) is 0 Å². The van der Waals surface area contributed by atoms with Gasteiger partial charge >= 0.3 is 0 Å². The fraction of sp³-hybridized carbons (Fsp3) is 0.429. The molecule has 1 aromatic carbocycles. The maximum Gasteiger partial charge on any atom is 0.299 e. The number of anilines is 1. The molecule has 0 spiro atoms. The van der Waals surface area contributed by atoms with Gasteiger partial charge in [-0.25, -0.2) is 0 Å². The van der Waals surface area contributed by atoms with Crippen molar-refractivity contribution in [2.24, 2.45) is 5.11 Å². The Balaban J connectivity index is 1.83. The summed E-state index contributed by atoms with van der Waals surface area (Å²) < 4.78 is 0. The zero-order valence-corrected chi connectivity index (χ0v) is 11.2. The molecular weight excluding hydrogens is 256 g/mol. The zero-order chi connectivity index (χ0) is 14.4. The fourth-order valence-corrected chi connectivity index (χ4v) is 2.32. The van der Waals surface area contributed by atoms with Crippen molar-refractivity contribution in [3.8, 4) is 0 Å². The minimum atomic E-state index is -0.430. The van der Waals surface area contributed by atoms with E-state index in [1.165, 1.54) is 0 Å². The van der Waals surface area contributed by atoms with Crippen LogP contribution in [0.3, 0.4) is 0 Å². The van der Waals surface area contributed by atoms with E-state index in [2.05, 4.69) is 10.0 Å². The SMILES string of the molecule is [N-]=[N+]=NCCCCCCN1C(=O)C(=O)c2ccccc21. The van der Waals surface area contributed by atoms with E-state index in [4.69, 9.17) is 5.53 Å². The smallest absolute Gasteiger partial charge is 0.299 e. The lowest BCUT2D eigenvalue weighted by molar-refractivity contribution is -0.114. The number of nitrogens with zero attached hydrogens (tertiary/aromatic N) is 4. The summed E-state index contributed by atoms with van der Waals surface area (Å²) in [6.07, 6.45) is 3.59. The molecule has 1 heterocycles. The molecule has 6 heteroatoms. The number of amides is 1. The van der Waals surface area contributed by atoms with Gasteiger partial charge in [0.2, 0.25) is 0 Å². The minimum Gasteiger partial charge on any atom is -0.305 e. The maximum absolute atomic E-state index is 11.9. The number of unbranched alkanes of at least 4 members (excludes halogenated alkanes) is 3. The van der Waals surface area contributed by atoms with E-state index in [0.717, 1.165) is 31.4 Å². The Kier molecular flexibility index (Phi) is 4.74. The number of ketones is 1. The second-order valence-corrected chi connectivity index (χ2v) is 4.67. The molecule has 0 atom stereocenters. The van der Waals surface area contributed by atoms with Crippen LogP contribution in [0.2, 0.25) is 0 Å². The molecule has 0 bridgehead atoms. The Morgan fingerprint density at radius 1 is 1.10 bits per heavy atom. The Morgan fingerprint density at radius 3 is 2.65 bits per heavy atom. The number of rotatable bonds is 7. The van der Waals surface area contributed by atoms with Gasteiger partial charge in [0.25, 0.3) is 11.7 Å². The molecule has 1 aliphatic heterocycles.